The maximum Gasteiger partial charge on any atom is 0.416 e. The summed E-state index contributed by atoms with van der Waals surface area (Å²) in [5.74, 6) is 0.672. The molecule has 100 valence electrons. The van der Waals surface area contributed by atoms with Crippen molar-refractivity contribution in [2.24, 2.45) is 5.73 Å². The first kappa shape index (κ1) is 12.2. The Balaban J connectivity index is 2.16. The number of nitrogens with two attached hydrogens (primary N) is 1. The van der Waals surface area contributed by atoms with Crippen LogP contribution in [0, 0.1) is 0 Å². The summed E-state index contributed by atoms with van der Waals surface area (Å²) in [5, 5.41) is 7.73. The molecule has 2 aromatic rings. The van der Waals surface area contributed by atoms with E-state index in [4.69, 9.17) is 5.73 Å². The van der Waals surface area contributed by atoms with Gasteiger partial charge in [0.25, 0.3) is 0 Å². The van der Waals surface area contributed by atoms with E-state index in [1.165, 1.54) is 12.4 Å². The van der Waals surface area contributed by atoms with E-state index >= 15 is 0 Å². The molecule has 0 aliphatic carbocycles. The first-order chi connectivity index (χ1) is 8.95. The molecule has 0 radical (unpaired) electrons. The number of hydrogen-bond acceptors (Lipinski definition) is 3. The fourth-order valence-electron chi connectivity index (χ4n) is 2.35. The second-order valence-corrected chi connectivity index (χ2v) is 4.63. The third kappa shape index (κ3) is 2.10. The summed E-state index contributed by atoms with van der Waals surface area (Å²) >= 11 is 0. The molecule has 2 N–H and O–H groups in total. The fourth-order valence-corrected chi connectivity index (χ4v) is 2.35. The van der Waals surface area contributed by atoms with Gasteiger partial charge in [0.2, 0.25) is 0 Å². The molecule has 0 saturated carbocycles. The van der Waals surface area contributed by atoms with E-state index in [1.54, 1.807) is 4.57 Å². The maximum atomic E-state index is 12.7. The highest BCUT2D eigenvalue weighted by Gasteiger charge is 2.32. The van der Waals surface area contributed by atoms with Gasteiger partial charge in [-0.25, -0.2) is 0 Å². The molecule has 0 saturated heterocycles. The number of nitrogens with zero attached hydrogens (tertiary/aromatic N) is 3. The second kappa shape index (κ2) is 4.06. The minimum Gasteiger partial charge on any atom is -0.327 e. The topological polar surface area (TPSA) is 56.7 Å². The zero-order valence-electron chi connectivity index (χ0n) is 9.85. The molecule has 2 heterocycles. The number of rotatable bonds is 0. The molecular formula is C12H11F3N4. The standard InChI is InChI=1S/C12H11F3N4/c13-12(14,15)8-1-2-10-7(3-8)4-9(16)5-11-18-17-6-19(10)11/h1-3,6,9H,4-5,16H2. The van der Waals surface area contributed by atoms with Crippen molar-refractivity contribution in [2.75, 3.05) is 0 Å². The summed E-state index contributed by atoms with van der Waals surface area (Å²) in [5.41, 5.74) is 6.50. The Morgan fingerprint density at radius 3 is 2.79 bits per heavy atom. The molecule has 4 nitrogen and oxygen atoms in total. The van der Waals surface area contributed by atoms with Crippen LogP contribution in [0.2, 0.25) is 0 Å². The van der Waals surface area contributed by atoms with Gasteiger partial charge in [-0.05, 0) is 30.2 Å². The predicted molar refractivity (Wildman–Crippen MR) is 61.7 cm³/mol. The van der Waals surface area contributed by atoms with Crippen LogP contribution >= 0.6 is 0 Å². The average Bonchev–Trinajstić information content (AvgIpc) is 2.70. The molecule has 0 spiro atoms. The van der Waals surface area contributed by atoms with Gasteiger partial charge in [0, 0.05) is 12.5 Å². The predicted octanol–water partition coefficient (Wildman–Crippen LogP) is 1.71. The van der Waals surface area contributed by atoms with Crippen LogP contribution in [0.15, 0.2) is 24.5 Å². The van der Waals surface area contributed by atoms with E-state index in [1.807, 2.05) is 0 Å². The maximum absolute atomic E-state index is 12.7. The molecule has 7 heteroatoms. The summed E-state index contributed by atoms with van der Waals surface area (Å²) in [7, 11) is 0. The lowest BCUT2D eigenvalue weighted by atomic mass is 10.0. The lowest BCUT2D eigenvalue weighted by Gasteiger charge is -2.13. The van der Waals surface area contributed by atoms with Crippen molar-refractivity contribution < 1.29 is 13.2 Å². The summed E-state index contributed by atoms with van der Waals surface area (Å²) in [4.78, 5) is 0. The Labute approximate surface area is 107 Å². The number of hydrogen-bond donors (Lipinski definition) is 1. The minimum atomic E-state index is -4.35. The van der Waals surface area contributed by atoms with Crippen molar-refractivity contribution in [2.45, 2.75) is 25.1 Å². The van der Waals surface area contributed by atoms with Crippen LogP contribution in [-0.2, 0) is 19.0 Å². The average molecular weight is 268 g/mol. The largest absolute Gasteiger partial charge is 0.416 e. The SMILES string of the molecule is NC1Cc2cc(C(F)(F)F)ccc2-n2cnnc2C1. The number of fused-ring (bicyclic) bond motifs is 3. The summed E-state index contributed by atoms with van der Waals surface area (Å²) in [6.45, 7) is 0. The van der Waals surface area contributed by atoms with E-state index in [0.29, 0.717) is 29.9 Å². The quantitative estimate of drug-likeness (QED) is 0.791. The first-order valence-corrected chi connectivity index (χ1v) is 5.80. The molecule has 0 amide bonds. The Kier molecular flexibility index (Phi) is 2.60. The van der Waals surface area contributed by atoms with E-state index in [-0.39, 0.29) is 6.04 Å². The third-order valence-corrected chi connectivity index (χ3v) is 3.21. The van der Waals surface area contributed by atoms with Gasteiger partial charge < -0.3 is 5.73 Å². The molecule has 0 bridgehead atoms. The van der Waals surface area contributed by atoms with Gasteiger partial charge in [-0.1, -0.05) is 0 Å². The molecule has 1 aliphatic heterocycles. The zero-order valence-corrected chi connectivity index (χ0v) is 9.85. The molecule has 19 heavy (non-hydrogen) atoms. The third-order valence-electron chi connectivity index (χ3n) is 3.21. The lowest BCUT2D eigenvalue weighted by Crippen LogP contribution is -2.25. The Morgan fingerprint density at radius 1 is 1.26 bits per heavy atom. The van der Waals surface area contributed by atoms with Crippen LogP contribution in [0.3, 0.4) is 0 Å². The van der Waals surface area contributed by atoms with E-state index < -0.39 is 11.7 Å². The number of alkyl halides is 3. The van der Waals surface area contributed by atoms with Crippen LogP contribution in [0.25, 0.3) is 5.69 Å². The highest BCUT2D eigenvalue weighted by Crippen LogP contribution is 2.32. The van der Waals surface area contributed by atoms with E-state index in [2.05, 4.69) is 10.2 Å². The monoisotopic (exact) mass is 268 g/mol. The highest BCUT2D eigenvalue weighted by atomic mass is 19.4. The van der Waals surface area contributed by atoms with Crippen LogP contribution in [0.4, 0.5) is 13.2 Å². The summed E-state index contributed by atoms with van der Waals surface area (Å²) in [6.07, 6.45) is -1.96. The van der Waals surface area contributed by atoms with Crippen molar-refractivity contribution >= 4 is 0 Å². The number of halogens is 3. The Bertz CT molecular complexity index is 618. The molecule has 1 aromatic carbocycles. The van der Waals surface area contributed by atoms with Crippen LogP contribution in [0.5, 0.6) is 0 Å². The molecule has 3 rings (SSSR count). The molecular weight excluding hydrogens is 257 g/mol. The fraction of sp³-hybridized carbons (Fsp3) is 0.333. The zero-order chi connectivity index (χ0) is 13.6. The van der Waals surface area contributed by atoms with Crippen molar-refractivity contribution in [1.82, 2.24) is 14.8 Å². The minimum absolute atomic E-state index is 0.257. The van der Waals surface area contributed by atoms with Crippen molar-refractivity contribution in [3.8, 4) is 5.69 Å². The van der Waals surface area contributed by atoms with Gasteiger partial charge in [0.1, 0.15) is 12.2 Å². The molecule has 0 fully saturated rings. The van der Waals surface area contributed by atoms with Gasteiger partial charge in [-0.15, -0.1) is 10.2 Å². The normalized spacial score (nSPS) is 18.6. The van der Waals surface area contributed by atoms with Crippen molar-refractivity contribution in [1.29, 1.82) is 0 Å². The first-order valence-electron chi connectivity index (χ1n) is 5.80. The van der Waals surface area contributed by atoms with E-state index in [0.717, 1.165) is 12.1 Å². The van der Waals surface area contributed by atoms with Gasteiger partial charge >= 0.3 is 6.18 Å². The summed E-state index contributed by atoms with van der Waals surface area (Å²) < 4.78 is 39.9. The summed E-state index contributed by atoms with van der Waals surface area (Å²) in [6, 6.07) is 3.42. The van der Waals surface area contributed by atoms with Crippen molar-refractivity contribution in [3.63, 3.8) is 0 Å². The van der Waals surface area contributed by atoms with Crippen LogP contribution < -0.4 is 5.73 Å². The number of aromatic nitrogens is 3. The van der Waals surface area contributed by atoms with Gasteiger partial charge in [-0.3, -0.25) is 4.57 Å². The lowest BCUT2D eigenvalue weighted by molar-refractivity contribution is -0.137. The van der Waals surface area contributed by atoms with E-state index in [9.17, 15) is 13.2 Å². The van der Waals surface area contributed by atoms with Crippen LogP contribution in [-0.4, -0.2) is 20.8 Å². The molecule has 1 aromatic heterocycles. The highest BCUT2D eigenvalue weighted by molar-refractivity contribution is 5.46. The Morgan fingerprint density at radius 2 is 2.05 bits per heavy atom. The molecule has 1 unspecified atom stereocenters. The molecule has 1 atom stereocenters. The van der Waals surface area contributed by atoms with Gasteiger partial charge in [0.05, 0.1) is 11.3 Å². The Hall–Kier alpha value is -1.89. The van der Waals surface area contributed by atoms with Gasteiger partial charge in [0.15, 0.2) is 0 Å². The second-order valence-electron chi connectivity index (χ2n) is 4.63. The van der Waals surface area contributed by atoms with Crippen molar-refractivity contribution in [3.05, 3.63) is 41.5 Å². The van der Waals surface area contributed by atoms with Gasteiger partial charge in [-0.2, -0.15) is 13.2 Å². The van der Waals surface area contributed by atoms with Crippen LogP contribution in [0.1, 0.15) is 17.0 Å². The molecule has 1 aliphatic rings. The smallest absolute Gasteiger partial charge is 0.327 e. The number of benzene rings is 1.